The van der Waals surface area contributed by atoms with Crippen LogP contribution in [0.15, 0.2) is 65.7 Å². The molecule has 0 N–H and O–H groups in total. The zero-order valence-electron chi connectivity index (χ0n) is 19.3. The van der Waals surface area contributed by atoms with Gasteiger partial charge in [0.2, 0.25) is 0 Å². The summed E-state index contributed by atoms with van der Waals surface area (Å²) in [7, 11) is 4.12. The van der Waals surface area contributed by atoms with Gasteiger partial charge in [-0.15, -0.1) is 0 Å². The Balaban J connectivity index is 2.17. The van der Waals surface area contributed by atoms with Gasteiger partial charge in [-0.2, -0.15) is 0 Å². The highest BCUT2D eigenvalue weighted by Gasteiger charge is 2.15. The largest absolute Gasteiger partial charge is 0.378 e. The molecule has 0 aliphatic carbocycles. The van der Waals surface area contributed by atoms with E-state index in [2.05, 4.69) is 96.1 Å². The molecule has 3 aromatic rings. The number of hydrogen-bond acceptors (Lipinski definition) is 3. The fraction of sp³-hybridized carbons (Fsp3) is 0.333. The molecule has 3 rings (SSSR count). The minimum Gasteiger partial charge on any atom is -0.378 e. The first-order chi connectivity index (χ1) is 14.3. The first-order valence-corrected chi connectivity index (χ1v) is 10.7. The monoisotopic (exact) mass is 399 g/mol. The van der Waals surface area contributed by atoms with Gasteiger partial charge in [0.1, 0.15) is 0 Å². The summed E-state index contributed by atoms with van der Waals surface area (Å²) in [5.41, 5.74) is 8.71. The molecule has 0 radical (unpaired) electrons. The Bertz CT molecular complexity index is 1000. The average Bonchev–Trinajstić information content (AvgIpc) is 2.73. The summed E-state index contributed by atoms with van der Waals surface area (Å²) in [6, 6.07) is 21.1. The second kappa shape index (κ2) is 9.25. The number of anilines is 1. The van der Waals surface area contributed by atoms with Crippen LogP contribution in [0.1, 0.15) is 63.3 Å². The van der Waals surface area contributed by atoms with Crippen molar-refractivity contribution in [3.8, 4) is 11.3 Å². The molecule has 0 spiro atoms. The molecule has 156 valence electrons. The van der Waals surface area contributed by atoms with E-state index in [1.54, 1.807) is 0 Å². The van der Waals surface area contributed by atoms with Gasteiger partial charge in [-0.3, -0.25) is 4.99 Å². The van der Waals surface area contributed by atoms with Crippen LogP contribution >= 0.6 is 0 Å². The summed E-state index contributed by atoms with van der Waals surface area (Å²) in [6.45, 7) is 11.0. The maximum absolute atomic E-state index is 5.14. The van der Waals surface area contributed by atoms with Gasteiger partial charge in [-0.25, -0.2) is 4.98 Å². The van der Waals surface area contributed by atoms with Gasteiger partial charge in [0, 0.05) is 25.3 Å². The fourth-order valence-electron chi connectivity index (χ4n) is 3.58. The lowest BCUT2D eigenvalue weighted by molar-refractivity contribution is 0.834. The highest BCUT2D eigenvalue weighted by Crippen LogP contribution is 2.35. The van der Waals surface area contributed by atoms with Crippen LogP contribution in [0.4, 0.5) is 11.4 Å². The molecule has 2 aromatic carbocycles. The van der Waals surface area contributed by atoms with Crippen molar-refractivity contribution in [1.29, 1.82) is 0 Å². The molecule has 0 amide bonds. The van der Waals surface area contributed by atoms with Crippen LogP contribution in [0.3, 0.4) is 0 Å². The van der Waals surface area contributed by atoms with Crippen molar-refractivity contribution in [1.82, 2.24) is 4.98 Å². The highest BCUT2D eigenvalue weighted by molar-refractivity contribution is 6.00. The van der Waals surface area contributed by atoms with Crippen molar-refractivity contribution >= 4 is 17.1 Å². The Morgan fingerprint density at radius 3 is 1.97 bits per heavy atom. The van der Waals surface area contributed by atoms with Crippen molar-refractivity contribution in [3.05, 3.63) is 77.5 Å². The minimum absolute atomic E-state index is 0.413. The van der Waals surface area contributed by atoms with E-state index in [1.807, 2.05) is 18.2 Å². The van der Waals surface area contributed by atoms with E-state index in [0.717, 1.165) is 34.0 Å². The van der Waals surface area contributed by atoms with Gasteiger partial charge in [0.25, 0.3) is 0 Å². The van der Waals surface area contributed by atoms with E-state index in [1.165, 1.54) is 11.1 Å². The molecule has 0 aliphatic rings. The molecule has 0 unspecified atom stereocenters. The number of aliphatic imine (C=N–C) groups is 1. The molecular weight excluding hydrogens is 366 g/mol. The quantitative estimate of drug-likeness (QED) is 0.410. The number of para-hydroxylation sites is 1. The maximum atomic E-state index is 5.14. The molecule has 3 nitrogen and oxygen atoms in total. The van der Waals surface area contributed by atoms with Crippen LogP contribution in [0.2, 0.25) is 0 Å². The number of aromatic nitrogens is 1. The molecule has 0 aliphatic heterocycles. The molecule has 0 atom stereocenters. The van der Waals surface area contributed by atoms with Crippen molar-refractivity contribution < 1.29 is 0 Å². The highest BCUT2D eigenvalue weighted by atomic mass is 15.1. The lowest BCUT2D eigenvalue weighted by Gasteiger charge is -2.18. The number of benzene rings is 2. The SMILES string of the molecule is CC(=Nc1c(C(C)C)cccc1C(C)C)c1cc(N(C)C)cc(-c2ccccc2)n1. The summed E-state index contributed by atoms with van der Waals surface area (Å²) in [6.07, 6.45) is 0. The summed E-state index contributed by atoms with van der Waals surface area (Å²) >= 11 is 0. The third-order valence-electron chi connectivity index (χ3n) is 5.39. The van der Waals surface area contributed by atoms with Crippen LogP contribution in [0, 0.1) is 0 Å². The molecule has 0 fully saturated rings. The van der Waals surface area contributed by atoms with Crippen molar-refractivity contribution in [2.24, 2.45) is 4.99 Å². The van der Waals surface area contributed by atoms with Gasteiger partial charge in [0.05, 0.1) is 22.8 Å². The van der Waals surface area contributed by atoms with Crippen LogP contribution in [0.25, 0.3) is 11.3 Å². The van der Waals surface area contributed by atoms with E-state index in [9.17, 15) is 0 Å². The second-order valence-electron chi connectivity index (χ2n) is 8.65. The molecule has 1 heterocycles. The summed E-state index contributed by atoms with van der Waals surface area (Å²) in [5.74, 6) is 0.826. The topological polar surface area (TPSA) is 28.5 Å². The number of nitrogens with zero attached hydrogens (tertiary/aromatic N) is 3. The smallest absolute Gasteiger partial charge is 0.0869 e. The van der Waals surface area contributed by atoms with E-state index in [-0.39, 0.29) is 0 Å². The maximum Gasteiger partial charge on any atom is 0.0869 e. The standard InChI is InChI=1S/C27H33N3/c1-18(2)23-14-11-15-24(19(3)4)27(23)28-20(5)25-16-22(30(6)7)17-26(29-25)21-12-9-8-10-13-21/h8-19H,1-7H3. The zero-order valence-corrected chi connectivity index (χ0v) is 19.3. The lowest BCUT2D eigenvalue weighted by Crippen LogP contribution is -2.11. The summed E-state index contributed by atoms with van der Waals surface area (Å²) < 4.78 is 0. The van der Waals surface area contributed by atoms with Crippen LogP contribution < -0.4 is 4.90 Å². The van der Waals surface area contributed by atoms with Crippen LogP contribution in [-0.4, -0.2) is 24.8 Å². The van der Waals surface area contributed by atoms with Gasteiger partial charge >= 0.3 is 0 Å². The van der Waals surface area contributed by atoms with Crippen LogP contribution in [0.5, 0.6) is 0 Å². The Kier molecular flexibility index (Phi) is 6.71. The van der Waals surface area contributed by atoms with E-state index in [0.29, 0.717) is 11.8 Å². The molecule has 1 aromatic heterocycles. The third-order valence-corrected chi connectivity index (χ3v) is 5.39. The Morgan fingerprint density at radius 2 is 1.43 bits per heavy atom. The van der Waals surface area contributed by atoms with Crippen LogP contribution in [-0.2, 0) is 0 Å². The predicted molar refractivity (Wildman–Crippen MR) is 130 cm³/mol. The van der Waals surface area contributed by atoms with Gasteiger partial charge in [0.15, 0.2) is 0 Å². The van der Waals surface area contributed by atoms with E-state index in [4.69, 9.17) is 9.98 Å². The predicted octanol–water partition coefficient (Wildman–Crippen LogP) is 7.20. The molecule has 0 saturated carbocycles. The number of rotatable bonds is 6. The molecule has 30 heavy (non-hydrogen) atoms. The first kappa shape index (κ1) is 21.8. The molecule has 3 heteroatoms. The van der Waals surface area contributed by atoms with Crippen molar-refractivity contribution in [2.45, 2.75) is 46.5 Å². The third kappa shape index (κ3) is 4.79. The summed E-state index contributed by atoms with van der Waals surface area (Å²) in [5, 5.41) is 0. The summed E-state index contributed by atoms with van der Waals surface area (Å²) in [4.78, 5) is 12.2. The minimum atomic E-state index is 0.413. The molecular formula is C27H33N3. The van der Waals surface area contributed by atoms with Gasteiger partial charge in [-0.05, 0) is 42.0 Å². The average molecular weight is 400 g/mol. The number of hydrogen-bond donors (Lipinski definition) is 0. The fourth-order valence-corrected chi connectivity index (χ4v) is 3.58. The second-order valence-corrected chi connectivity index (χ2v) is 8.65. The molecule has 0 bridgehead atoms. The van der Waals surface area contributed by atoms with Crippen molar-refractivity contribution in [2.75, 3.05) is 19.0 Å². The Labute approximate surface area is 181 Å². The van der Waals surface area contributed by atoms with E-state index < -0.39 is 0 Å². The molecule has 0 saturated heterocycles. The number of pyridine rings is 1. The Morgan fingerprint density at radius 1 is 0.833 bits per heavy atom. The van der Waals surface area contributed by atoms with Gasteiger partial charge < -0.3 is 4.90 Å². The van der Waals surface area contributed by atoms with Gasteiger partial charge in [-0.1, -0.05) is 76.2 Å². The lowest BCUT2D eigenvalue weighted by atomic mass is 9.93. The van der Waals surface area contributed by atoms with Crippen molar-refractivity contribution in [3.63, 3.8) is 0 Å². The first-order valence-electron chi connectivity index (χ1n) is 10.7. The zero-order chi connectivity index (χ0) is 21.8. The van der Waals surface area contributed by atoms with E-state index >= 15 is 0 Å². The normalized spacial score (nSPS) is 12.0. The Hall–Kier alpha value is -2.94.